The summed E-state index contributed by atoms with van der Waals surface area (Å²) in [4.78, 5) is 4.24. The molecule has 4 heteroatoms. The van der Waals surface area contributed by atoms with Crippen molar-refractivity contribution in [1.29, 1.82) is 0 Å². The predicted molar refractivity (Wildman–Crippen MR) is 82.0 cm³/mol. The second-order valence-electron chi connectivity index (χ2n) is 4.72. The monoisotopic (exact) mass is 282 g/mol. The fraction of sp³-hybridized carbons (Fsp3) is 0.118. The number of fused-ring (bicyclic) bond motifs is 1. The molecular weight excluding hydrogens is 267 g/mol. The lowest BCUT2D eigenvalue weighted by molar-refractivity contribution is 0.386. The lowest BCUT2D eigenvalue weighted by Crippen LogP contribution is -2.01. The third-order valence-corrected chi connectivity index (χ3v) is 3.39. The van der Waals surface area contributed by atoms with E-state index in [-0.39, 0.29) is 11.6 Å². The predicted octanol–water partition coefficient (Wildman–Crippen LogP) is 3.99. The number of aromatic nitrogens is 1. The fourth-order valence-electron chi connectivity index (χ4n) is 2.29. The maximum Gasteiger partial charge on any atom is 0.167 e. The van der Waals surface area contributed by atoms with Gasteiger partial charge in [0.1, 0.15) is 0 Å². The number of methoxy groups -OCH3 is 1. The number of anilines is 1. The summed E-state index contributed by atoms with van der Waals surface area (Å²) in [5.74, 6) is -0.133. The number of hydrogen-bond donors (Lipinski definition) is 1. The molecule has 0 atom stereocenters. The molecule has 2 aromatic carbocycles. The van der Waals surface area contributed by atoms with E-state index in [1.165, 1.54) is 13.2 Å². The second kappa shape index (κ2) is 5.79. The van der Waals surface area contributed by atoms with Crippen LogP contribution in [0.25, 0.3) is 10.8 Å². The van der Waals surface area contributed by atoms with E-state index in [4.69, 9.17) is 4.74 Å². The van der Waals surface area contributed by atoms with Gasteiger partial charge < -0.3 is 10.1 Å². The van der Waals surface area contributed by atoms with Crippen LogP contribution in [0.2, 0.25) is 0 Å². The molecular formula is C17H15FN2O. The third-order valence-electron chi connectivity index (χ3n) is 3.39. The van der Waals surface area contributed by atoms with Crippen molar-refractivity contribution in [2.24, 2.45) is 0 Å². The summed E-state index contributed by atoms with van der Waals surface area (Å²) in [5.41, 5.74) is 1.78. The Labute approximate surface area is 122 Å². The number of nitrogens with one attached hydrogen (secondary N) is 1. The van der Waals surface area contributed by atoms with E-state index in [0.717, 1.165) is 16.3 Å². The highest BCUT2D eigenvalue weighted by Gasteiger charge is 2.04. The van der Waals surface area contributed by atoms with Crippen molar-refractivity contribution < 1.29 is 9.13 Å². The van der Waals surface area contributed by atoms with Gasteiger partial charge in [-0.25, -0.2) is 4.39 Å². The van der Waals surface area contributed by atoms with Crippen molar-refractivity contribution in [3.63, 3.8) is 0 Å². The number of rotatable bonds is 4. The Morgan fingerprint density at radius 3 is 2.81 bits per heavy atom. The van der Waals surface area contributed by atoms with Crippen LogP contribution in [-0.2, 0) is 6.54 Å². The second-order valence-corrected chi connectivity index (χ2v) is 4.72. The van der Waals surface area contributed by atoms with Gasteiger partial charge in [0, 0.05) is 36.1 Å². The maximum atomic E-state index is 13.7. The van der Waals surface area contributed by atoms with Gasteiger partial charge >= 0.3 is 0 Å². The Morgan fingerprint density at radius 1 is 1.14 bits per heavy atom. The van der Waals surface area contributed by atoms with Crippen LogP contribution < -0.4 is 10.1 Å². The summed E-state index contributed by atoms with van der Waals surface area (Å²) in [7, 11) is 1.45. The smallest absolute Gasteiger partial charge is 0.167 e. The molecule has 106 valence electrons. The minimum absolute atomic E-state index is 0.243. The number of halogens is 1. The summed E-state index contributed by atoms with van der Waals surface area (Å²) in [6, 6.07) is 12.9. The normalized spacial score (nSPS) is 10.6. The van der Waals surface area contributed by atoms with Crippen molar-refractivity contribution in [3.8, 4) is 5.75 Å². The zero-order valence-corrected chi connectivity index (χ0v) is 11.6. The van der Waals surface area contributed by atoms with E-state index >= 15 is 0 Å². The molecule has 1 N–H and O–H groups in total. The van der Waals surface area contributed by atoms with Crippen molar-refractivity contribution in [2.45, 2.75) is 6.54 Å². The average Bonchev–Trinajstić information content (AvgIpc) is 2.53. The molecule has 0 spiro atoms. The summed E-state index contributed by atoms with van der Waals surface area (Å²) in [6.07, 6.45) is 3.67. The Bertz CT molecular complexity index is 768. The summed E-state index contributed by atoms with van der Waals surface area (Å²) < 4.78 is 18.6. The molecule has 1 aromatic heterocycles. The molecule has 3 nitrogen and oxygen atoms in total. The van der Waals surface area contributed by atoms with E-state index in [2.05, 4.69) is 16.4 Å². The van der Waals surface area contributed by atoms with Gasteiger partial charge in [-0.2, -0.15) is 0 Å². The first-order chi connectivity index (χ1) is 10.3. The number of nitrogens with zero attached hydrogens (tertiary/aromatic N) is 1. The van der Waals surface area contributed by atoms with Gasteiger partial charge in [0.25, 0.3) is 0 Å². The molecule has 0 saturated carbocycles. The van der Waals surface area contributed by atoms with E-state index < -0.39 is 0 Å². The van der Waals surface area contributed by atoms with E-state index in [1.54, 1.807) is 12.1 Å². The molecule has 0 unspecified atom stereocenters. The van der Waals surface area contributed by atoms with Gasteiger partial charge in [-0.15, -0.1) is 0 Å². The van der Waals surface area contributed by atoms with Gasteiger partial charge in [-0.1, -0.05) is 24.3 Å². The first kappa shape index (κ1) is 13.4. The lowest BCUT2D eigenvalue weighted by atomic mass is 10.1. The van der Waals surface area contributed by atoms with Crippen LogP contribution in [0.5, 0.6) is 5.75 Å². The first-order valence-electron chi connectivity index (χ1n) is 6.67. The van der Waals surface area contributed by atoms with Crippen LogP contribution in [0.15, 0.2) is 54.9 Å². The number of ether oxygens (including phenoxy) is 1. The fourth-order valence-corrected chi connectivity index (χ4v) is 2.29. The average molecular weight is 282 g/mol. The highest BCUT2D eigenvalue weighted by Crippen LogP contribution is 2.22. The van der Waals surface area contributed by atoms with Crippen LogP contribution in [0.4, 0.5) is 10.1 Å². The molecule has 0 aliphatic carbocycles. The molecule has 0 aliphatic rings. The Hall–Kier alpha value is -2.62. The zero-order chi connectivity index (χ0) is 14.7. The van der Waals surface area contributed by atoms with Gasteiger partial charge in [-0.3, -0.25) is 4.98 Å². The number of pyridine rings is 1. The molecule has 0 bridgehead atoms. The van der Waals surface area contributed by atoms with Crippen molar-refractivity contribution >= 4 is 16.5 Å². The minimum Gasteiger partial charge on any atom is -0.494 e. The SMILES string of the molecule is COc1ccc(NCc2cncc3ccccc23)cc1F. The van der Waals surface area contributed by atoms with Crippen LogP contribution in [0, 0.1) is 5.82 Å². The minimum atomic E-state index is -0.376. The molecule has 3 aromatic rings. The topological polar surface area (TPSA) is 34.1 Å². The summed E-state index contributed by atoms with van der Waals surface area (Å²) in [5, 5.41) is 5.45. The molecule has 0 saturated heterocycles. The maximum absolute atomic E-state index is 13.7. The first-order valence-corrected chi connectivity index (χ1v) is 6.67. The molecule has 0 fully saturated rings. The summed E-state index contributed by atoms with van der Waals surface area (Å²) >= 11 is 0. The number of benzene rings is 2. The molecule has 3 rings (SSSR count). The highest BCUT2D eigenvalue weighted by atomic mass is 19.1. The van der Waals surface area contributed by atoms with Gasteiger partial charge in [-0.05, 0) is 23.1 Å². The standard InChI is InChI=1S/C17H15FN2O/c1-21-17-7-6-14(8-16(17)18)20-11-13-10-19-9-12-4-2-3-5-15(12)13/h2-10,20H,11H2,1H3. The summed E-state index contributed by atoms with van der Waals surface area (Å²) in [6.45, 7) is 0.583. The largest absolute Gasteiger partial charge is 0.494 e. The molecule has 0 radical (unpaired) electrons. The van der Waals surface area contributed by atoms with Gasteiger partial charge in [0.05, 0.1) is 7.11 Å². The Balaban J connectivity index is 1.82. The zero-order valence-electron chi connectivity index (χ0n) is 11.6. The molecule has 0 aliphatic heterocycles. The van der Waals surface area contributed by atoms with Crippen LogP contribution in [0.1, 0.15) is 5.56 Å². The van der Waals surface area contributed by atoms with Crippen LogP contribution >= 0.6 is 0 Å². The quantitative estimate of drug-likeness (QED) is 0.785. The Kier molecular flexibility index (Phi) is 3.69. The number of hydrogen-bond acceptors (Lipinski definition) is 3. The van der Waals surface area contributed by atoms with E-state index in [0.29, 0.717) is 12.2 Å². The van der Waals surface area contributed by atoms with Gasteiger partial charge in [0.15, 0.2) is 11.6 Å². The van der Waals surface area contributed by atoms with E-state index in [1.807, 2.05) is 30.6 Å². The van der Waals surface area contributed by atoms with Crippen molar-refractivity contribution in [1.82, 2.24) is 4.98 Å². The molecule has 0 amide bonds. The Morgan fingerprint density at radius 2 is 2.00 bits per heavy atom. The lowest BCUT2D eigenvalue weighted by Gasteiger charge is -2.10. The van der Waals surface area contributed by atoms with Crippen molar-refractivity contribution in [3.05, 3.63) is 66.2 Å². The third kappa shape index (κ3) is 2.79. The molecule has 1 heterocycles. The van der Waals surface area contributed by atoms with E-state index in [9.17, 15) is 4.39 Å². The van der Waals surface area contributed by atoms with Crippen molar-refractivity contribution in [2.75, 3.05) is 12.4 Å². The highest BCUT2D eigenvalue weighted by molar-refractivity contribution is 5.84. The van der Waals surface area contributed by atoms with Gasteiger partial charge in [0.2, 0.25) is 0 Å². The van der Waals surface area contributed by atoms with Crippen LogP contribution in [0.3, 0.4) is 0 Å². The van der Waals surface area contributed by atoms with Crippen LogP contribution in [-0.4, -0.2) is 12.1 Å². The molecule has 21 heavy (non-hydrogen) atoms.